The number of halogens is 2. The van der Waals surface area contributed by atoms with Crippen LogP contribution in [0.2, 0.25) is 0 Å². The van der Waals surface area contributed by atoms with Gasteiger partial charge in [0.05, 0.1) is 0 Å². The summed E-state index contributed by atoms with van der Waals surface area (Å²) >= 11 is 14.8. The van der Waals surface area contributed by atoms with E-state index in [2.05, 4.69) is 17.5 Å². The van der Waals surface area contributed by atoms with E-state index in [1.807, 2.05) is 0 Å². The van der Waals surface area contributed by atoms with Crippen LogP contribution in [0.3, 0.4) is 0 Å². The average molecular weight is 221 g/mol. The molecule has 0 radical (unpaired) electrons. The van der Waals surface area contributed by atoms with Gasteiger partial charge in [0, 0.05) is 14.2 Å². The molecule has 2 rings (SSSR count). The van der Waals surface area contributed by atoms with Crippen molar-refractivity contribution in [1.82, 2.24) is 0 Å². The molecule has 0 bridgehead atoms. The van der Waals surface area contributed by atoms with Crippen molar-refractivity contribution in [3.05, 3.63) is 17.5 Å². The lowest BCUT2D eigenvalue weighted by molar-refractivity contribution is 2.25. The Morgan fingerprint density at radius 1 is 1.27 bits per heavy atom. The van der Waals surface area contributed by atoms with E-state index >= 15 is 0 Å². The second-order valence-corrected chi connectivity index (χ2v) is 5.26. The number of fused-ring (bicyclic) bond motifs is 1. The molecule has 5 heteroatoms. The molecule has 0 saturated heterocycles. The molecule has 0 saturated carbocycles. The van der Waals surface area contributed by atoms with Crippen LogP contribution < -0.4 is 4.78 Å². The van der Waals surface area contributed by atoms with Gasteiger partial charge in [0.1, 0.15) is 0 Å². The van der Waals surface area contributed by atoms with Crippen molar-refractivity contribution >= 4 is 65.3 Å². The summed E-state index contributed by atoms with van der Waals surface area (Å²) in [5.41, 5.74) is -0.375. The molecule has 56 valence electrons. The minimum absolute atomic E-state index is 0.375. The second-order valence-electron chi connectivity index (χ2n) is 2.10. The van der Waals surface area contributed by atoms with E-state index in [0.717, 1.165) is 4.78 Å². The average Bonchev–Trinajstić information content (AvgIpc) is 2.40. The van der Waals surface area contributed by atoms with E-state index < -0.39 is 0 Å². The monoisotopic (exact) mass is 220 g/mol. The minimum Gasteiger partial charge on any atom is -0.164 e. The molecule has 0 amide bonds. The van der Waals surface area contributed by atoms with E-state index in [1.165, 1.54) is 9.40 Å². The molecule has 0 nitrogen and oxygen atoms in total. The standard InChI is InChI=1S/C6H3BCl2S2/c8-7(9)6-3-5-4(11-6)1-2-10-5/h1-3H. The third-order valence-corrected chi connectivity index (χ3v) is 4.26. The Hall–Kier alpha value is 0.305. The lowest BCUT2D eigenvalue weighted by Gasteiger charge is -1.85. The Labute approximate surface area is 82.7 Å². The van der Waals surface area contributed by atoms with Gasteiger partial charge in [0.15, 0.2) is 0 Å². The summed E-state index contributed by atoms with van der Waals surface area (Å²) < 4.78 is 3.59. The van der Waals surface area contributed by atoms with E-state index in [1.54, 1.807) is 22.7 Å². The van der Waals surface area contributed by atoms with Crippen molar-refractivity contribution in [2.75, 3.05) is 0 Å². The molecule has 11 heavy (non-hydrogen) atoms. The Bertz CT molecular complexity index is 337. The van der Waals surface area contributed by atoms with Gasteiger partial charge in [-0.15, -0.1) is 22.7 Å². The predicted molar refractivity (Wildman–Crippen MR) is 56.8 cm³/mol. The van der Waals surface area contributed by atoms with Crippen molar-refractivity contribution in [3.8, 4) is 0 Å². The Kier molecular flexibility index (Phi) is 2.15. The summed E-state index contributed by atoms with van der Waals surface area (Å²) in [4.78, 5) is 0. The molecule has 0 aromatic carbocycles. The quantitative estimate of drug-likeness (QED) is 0.648. The predicted octanol–water partition coefficient (Wildman–Crippen LogP) is 3.14. The highest BCUT2D eigenvalue weighted by molar-refractivity contribution is 7.49. The fraction of sp³-hybridized carbons (Fsp3) is 0. The molecule has 0 aliphatic rings. The van der Waals surface area contributed by atoms with E-state index in [0.29, 0.717) is 0 Å². The maximum Gasteiger partial charge on any atom is 0.392 e. The van der Waals surface area contributed by atoms with Crippen LogP contribution in [0.5, 0.6) is 0 Å². The summed E-state index contributed by atoms with van der Waals surface area (Å²) in [6.45, 7) is 0. The molecule has 0 fully saturated rings. The Morgan fingerprint density at radius 2 is 2.09 bits per heavy atom. The third-order valence-electron chi connectivity index (χ3n) is 1.37. The zero-order valence-electron chi connectivity index (χ0n) is 5.38. The van der Waals surface area contributed by atoms with Crippen LogP contribution in [0.25, 0.3) is 9.40 Å². The van der Waals surface area contributed by atoms with E-state index in [4.69, 9.17) is 22.9 Å². The molecule has 2 heterocycles. The molecule has 0 N–H and O–H groups in total. The molecule has 0 aliphatic heterocycles. The van der Waals surface area contributed by atoms with Crippen molar-refractivity contribution in [1.29, 1.82) is 0 Å². The SMILES string of the molecule is ClB(Cl)c1cc2sccc2s1. The number of hydrogen-bond donors (Lipinski definition) is 0. The molecule has 0 atom stereocenters. The van der Waals surface area contributed by atoms with Crippen LogP contribution in [-0.4, -0.2) is 5.54 Å². The van der Waals surface area contributed by atoms with Gasteiger partial charge in [-0.1, -0.05) is 0 Å². The van der Waals surface area contributed by atoms with Crippen LogP contribution in [0.1, 0.15) is 0 Å². The van der Waals surface area contributed by atoms with Crippen molar-refractivity contribution in [3.63, 3.8) is 0 Å². The molecule has 0 aliphatic carbocycles. The topological polar surface area (TPSA) is 0 Å². The maximum absolute atomic E-state index is 5.71. The summed E-state index contributed by atoms with van der Waals surface area (Å²) in [5.74, 6) is 0. The highest BCUT2D eigenvalue weighted by atomic mass is 35.5. The van der Waals surface area contributed by atoms with Gasteiger partial charge < -0.3 is 0 Å². The zero-order valence-corrected chi connectivity index (χ0v) is 8.53. The van der Waals surface area contributed by atoms with Gasteiger partial charge in [0.2, 0.25) is 0 Å². The van der Waals surface area contributed by atoms with Gasteiger partial charge in [-0.25, -0.2) is 0 Å². The molecule has 2 aromatic rings. The Balaban J connectivity index is 2.58. The first-order valence-corrected chi connectivity index (χ1v) is 5.59. The third kappa shape index (κ3) is 1.43. The second kappa shape index (κ2) is 2.98. The lowest BCUT2D eigenvalue weighted by Crippen LogP contribution is -2.11. The fourth-order valence-corrected chi connectivity index (χ4v) is 3.26. The Morgan fingerprint density at radius 3 is 2.73 bits per heavy atom. The fourth-order valence-electron chi connectivity index (χ4n) is 0.892. The zero-order chi connectivity index (χ0) is 7.84. The highest BCUT2D eigenvalue weighted by Gasteiger charge is 2.13. The van der Waals surface area contributed by atoms with Crippen LogP contribution in [0.15, 0.2) is 17.5 Å². The summed E-state index contributed by atoms with van der Waals surface area (Å²) in [7, 11) is 0. The van der Waals surface area contributed by atoms with Crippen molar-refractivity contribution < 1.29 is 0 Å². The van der Waals surface area contributed by atoms with Crippen LogP contribution >= 0.6 is 45.6 Å². The van der Waals surface area contributed by atoms with Crippen molar-refractivity contribution in [2.45, 2.75) is 0 Å². The van der Waals surface area contributed by atoms with Gasteiger partial charge in [-0.05, 0) is 17.5 Å². The van der Waals surface area contributed by atoms with Crippen molar-refractivity contribution in [2.24, 2.45) is 0 Å². The smallest absolute Gasteiger partial charge is 0.164 e. The van der Waals surface area contributed by atoms with Gasteiger partial charge >= 0.3 is 5.54 Å². The van der Waals surface area contributed by atoms with Crippen LogP contribution in [0.4, 0.5) is 0 Å². The molecule has 2 aromatic heterocycles. The summed E-state index contributed by atoms with van der Waals surface area (Å²) in [6, 6.07) is 4.14. The summed E-state index contributed by atoms with van der Waals surface area (Å²) in [6.07, 6.45) is 0. The number of thiophene rings is 2. The first-order valence-electron chi connectivity index (χ1n) is 3.02. The number of rotatable bonds is 1. The first kappa shape index (κ1) is 7.93. The van der Waals surface area contributed by atoms with Gasteiger partial charge in [-0.2, -0.15) is 22.9 Å². The largest absolute Gasteiger partial charge is 0.392 e. The van der Waals surface area contributed by atoms with E-state index in [-0.39, 0.29) is 5.54 Å². The minimum atomic E-state index is -0.375. The molecule has 0 spiro atoms. The molecular weight excluding hydrogens is 218 g/mol. The van der Waals surface area contributed by atoms with Gasteiger partial charge in [0.25, 0.3) is 0 Å². The van der Waals surface area contributed by atoms with Crippen LogP contribution in [0, 0.1) is 0 Å². The maximum atomic E-state index is 5.71. The van der Waals surface area contributed by atoms with Gasteiger partial charge in [-0.3, -0.25) is 0 Å². The molecular formula is C6H3BCl2S2. The van der Waals surface area contributed by atoms with E-state index in [9.17, 15) is 0 Å². The highest BCUT2D eigenvalue weighted by Crippen LogP contribution is 2.25. The molecule has 0 unspecified atom stereocenters. The first-order chi connectivity index (χ1) is 5.27. The number of hydrogen-bond acceptors (Lipinski definition) is 2. The lowest BCUT2D eigenvalue weighted by atomic mass is 10.1. The van der Waals surface area contributed by atoms with Crippen LogP contribution in [-0.2, 0) is 0 Å². The normalized spacial score (nSPS) is 10.7. The summed E-state index contributed by atoms with van der Waals surface area (Å²) in [5, 5.41) is 2.07.